The number of hydrogen-bond donors (Lipinski definition) is 2. The monoisotopic (exact) mass is 225 g/mol. The molecule has 2 aromatic heterocycles. The molecule has 0 radical (unpaired) electrons. The first kappa shape index (κ1) is 9.84. The molecule has 0 aliphatic carbocycles. The van der Waals surface area contributed by atoms with Crippen LogP contribution in [-0.4, -0.2) is 15.0 Å². The van der Waals surface area contributed by atoms with E-state index in [4.69, 9.17) is 0 Å². The normalized spacial score (nSPS) is 10.9. The van der Waals surface area contributed by atoms with Gasteiger partial charge in [0.1, 0.15) is 5.82 Å². The van der Waals surface area contributed by atoms with Gasteiger partial charge >= 0.3 is 0 Å². The van der Waals surface area contributed by atoms with E-state index in [1.54, 1.807) is 12.4 Å². The van der Waals surface area contributed by atoms with E-state index in [2.05, 4.69) is 15.0 Å². The molecule has 0 fully saturated rings. The van der Waals surface area contributed by atoms with Gasteiger partial charge in [-0.3, -0.25) is 4.79 Å². The third-order valence-electron chi connectivity index (χ3n) is 2.72. The van der Waals surface area contributed by atoms with Crippen LogP contribution in [0.5, 0.6) is 0 Å². The van der Waals surface area contributed by atoms with Crippen LogP contribution in [-0.2, 0) is 0 Å². The quantitative estimate of drug-likeness (QED) is 0.667. The lowest BCUT2D eigenvalue weighted by molar-refractivity contribution is 1.25. The molecule has 0 bridgehead atoms. The maximum atomic E-state index is 11.7. The van der Waals surface area contributed by atoms with E-state index < -0.39 is 0 Å². The summed E-state index contributed by atoms with van der Waals surface area (Å²) in [6.07, 6.45) is 3.27. The van der Waals surface area contributed by atoms with Crippen molar-refractivity contribution in [3.63, 3.8) is 0 Å². The Morgan fingerprint density at radius 3 is 2.94 bits per heavy atom. The molecular weight excluding hydrogens is 214 g/mol. The van der Waals surface area contributed by atoms with Gasteiger partial charge < -0.3 is 9.97 Å². The zero-order valence-corrected chi connectivity index (χ0v) is 9.32. The standard InChI is InChI=1S/C13H11N3O/c1-8-2-3-10-11(6-8)16-13(15-10)9-7-14-5-4-12(9)17/h2-7H,1H3,(H,14,17)(H,15,16). The largest absolute Gasteiger partial charge is 0.367 e. The highest BCUT2D eigenvalue weighted by molar-refractivity contribution is 5.79. The summed E-state index contributed by atoms with van der Waals surface area (Å²) in [5.41, 5.74) is 3.49. The second kappa shape index (κ2) is 3.59. The van der Waals surface area contributed by atoms with Crippen LogP contribution < -0.4 is 5.43 Å². The minimum absolute atomic E-state index is 0.0421. The summed E-state index contributed by atoms with van der Waals surface area (Å²) in [6, 6.07) is 7.46. The third-order valence-corrected chi connectivity index (χ3v) is 2.72. The molecule has 84 valence electrons. The summed E-state index contributed by atoms with van der Waals surface area (Å²) in [4.78, 5) is 22.2. The van der Waals surface area contributed by atoms with Gasteiger partial charge in [0, 0.05) is 18.5 Å². The molecule has 1 aromatic carbocycles. The fourth-order valence-electron chi connectivity index (χ4n) is 1.85. The van der Waals surface area contributed by atoms with Crippen LogP contribution in [0.2, 0.25) is 0 Å². The molecule has 2 N–H and O–H groups in total. The SMILES string of the molecule is Cc1ccc2nc(-c3c[nH]ccc3=O)[nH]c2c1. The molecule has 17 heavy (non-hydrogen) atoms. The van der Waals surface area contributed by atoms with Crippen molar-refractivity contribution in [3.8, 4) is 11.4 Å². The first-order chi connectivity index (χ1) is 8.24. The first-order valence-corrected chi connectivity index (χ1v) is 5.38. The Balaban J connectivity index is 2.25. The number of fused-ring (bicyclic) bond motifs is 1. The summed E-state index contributed by atoms with van der Waals surface area (Å²) in [6.45, 7) is 2.02. The van der Waals surface area contributed by atoms with E-state index >= 15 is 0 Å². The second-order valence-electron chi connectivity index (χ2n) is 4.03. The van der Waals surface area contributed by atoms with Gasteiger partial charge in [-0.05, 0) is 24.6 Å². The summed E-state index contributed by atoms with van der Waals surface area (Å²) in [5, 5.41) is 0. The maximum absolute atomic E-state index is 11.7. The molecule has 0 spiro atoms. The lowest BCUT2D eigenvalue weighted by atomic mass is 10.2. The number of hydrogen-bond acceptors (Lipinski definition) is 2. The number of nitrogens with zero attached hydrogens (tertiary/aromatic N) is 1. The molecule has 0 atom stereocenters. The van der Waals surface area contributed by atoms with Crippen molar-refractivity contribution < 1.29 is 0 Å². The van der Waals surface area contributed by atoms with E-state index in [-0.39, 0.29) is 5.43 Å². The van der Waals surface area contributed by atoms with Crippen molar-refractivity contribution in [3.05, 3.63) is 52.4 Å². The van der Waals surface area contributed by atoms with E-state index in [1.165, 1.54) is 6.07 Å². The van der Waals surface area contributed by atoms with Gasteiger partial charge in [-0.25, -0.2) is 4.98 Å². The Bertz CT molecular complexity index is 740. The third kappa shape index (κ3) is 1.63. The lowest BCUT2D eigenvalue weighted by Crippen LogP contribution is -2.03. The number of imidazole rings is 1. The highest BCUT2D eigenvalue weighted by Crippen LogP contribution is 2.18. The number of pyridine rings is 1. The molecule has 3 rings (SSSR count). The van der Waals surface area contributed by atoms with Crippen LogP contribution in [0.4, 0.5) is 0 Å². The molecule has 0 saturated heterocycles. The predicted octanol–water partition coefficient (Wildman–Crippen LogP) is 2.23. The van der Waals surface area contributed by atoms with Crippen molar-refractivity contribution >= 4 is 11.0 Å². The molecular formula is C13H11N3O. The van der Waals surface area contributed by atoms with Crippen molar-refractivity contribution in [1.82, 2.24) is 15.0 Å². The fourth-order valence-corrected chi connectivity index (χ4v) is 1.85. The van der Waals surface area contributed by atoms with Crippen molar-refractivity contribution in [2.45, 2.75) is 6.92 Å². The van der Waals surface area contributed by atoms with E-state index in [1.807, 2.05) is 25.1 Å². The van der Waals surface area contributed by atoms with E-state index in [0.29, 0.717) is 11.4 Å². The number of H-pyrrole nitrogens is 2. The molecule has 4 heteroatoms. The topological polar surface area (TPSA) is 61.5 Å². The van der Waals surface area contributed by atoms with E-state index in [9.17, 15) is 4.79 Å². The number of aromatic amines is 2. The molecule has 0 aliphatic heterocycles. The van der Waals surface area contributed by atoms with Crippen LogP contribution in [0, 0.1) is 6.92 Å². The highest BCUT2D eigenvalue weighted by Gasteiger charge is 2.07. The van der Waals surface area contributed by atoms with Crippen LogP contribution in [0.25, 0.3) is 22.4 Å². The van der Waals surface area contributed by atoms with Crippen LogP contribution in [0.15, 0.2) is 41.5 Å². The predicted molar refractivity (Wildman–Crippen MR) is 66.9 cm³/mol. The number of aromatic nitrogens is 3. The van der Waals surface area contributed by atoms with Gasteiger partial charge in [-0.2, -0.15) is 0 Å². The van der Waals surface area contributed by atoms with Gasteiger partial charge in [0.05, 0.1) is 16.6 Å². The molecule has 3 aromatic rings. The molecule has 2 heterocycles. The average molecular weight is 225 g/mol. The molecule has 0 unspecified atom stereocenters. The molecule has 4 nitrogen and oxygen atoms in total. The van der Waals surface area contributed by atoms with Crippen molar-refractivity contribution in [2.24, 2.45) is 0 Å². The Morgan fingerprint density at radius 2 is 2.12 bits per heavy atom. The lowest BCUT2D eigenvalue weighted by Gasteiger charge is -1.92. The molecule has 0 aliphatic rings. The Morgan fingerprint density at radius 1 is 1.24 bits per heavy atom. The van der Waals surface area contributed by atoms with Gasteiger partial charge in [-0.15, -0.1) is 0 Å². The van der Waals surface area contributed by atoms with Gasteiger partial charge in [0.2, 0.25) is 0 Å². The number of benzene rings is 1. The fraction of sp³-hybridized carbons (Fsp3) is 0.0769. The number of aryl methyl sites for hydroxylation is 1. The minimum Gasteiger partial charge on any atom is -0.367 e. The summed E-state index contributed by atoms with van der Waals surface area (Å²) in [7, 11) is 0. The highest BCUT2D eigenvalue weighted by atomic mass is 16.1. The summed E-state index contributed by atoms with van der Waals surface area (Å²) >= 11 is 0. The second-order valence-corrected chi connectivity index (χ2v) is 4.03. The number of nitrogens with one attached hydrogen (secondary N) is 2. The Hall–Kier alpha value is -2.36. The van der Waals surface area contributed by atoms with Gasteiger partial charge in [-0.1, -0.05) is 6.07 Å². The van der Waals surface area contributed by atoms with Gasteiger partial charge in [0.15, 0.2) is 5.43 Å². The van der Waals surface area contributed by atoms with Crippen LogP contribution in [0.3, 0.4) is 0 Å². The van der Waals surface area contributed by atoms with Crippen LogP contribution >= 0.6 is 0 Å². The zero-order valence-electron chi connectivity index (χ0n) is 9.32. The van der Waals surface area contributed by atoms with Crippen LogP contribution in [0.1, 0.15) is 5.56 Å². The zero-order chi connectivity index (χ0) is 11.8. The summed E-state index contributed by atoms with van der Waals surface area (Å²) in [5.74, 6) is 0.604. The van der Waals surface area contributed by atoms with Gasteiger partial charge in [0.25, 0.3) is 0 Å². The first-order valence-electron chi connectivity index (χ1n) is 5.38. The Kier molecular flexibility index (Phi) is 2.08. The van der Waals surface area contributed by atoms with Crippen molar-refractivity contribution in [2.75, 3.05) is 0 Å². The minimum atomic E-state index is -0.0421. The Labute approximate surface area is 97.3 Å². The smallest absolute Gasteiger partial charge is 0.192 e. The average Bonchev–Trinajstić information content (AvgIpc) is 2.72. The number of rotatable bonds is 1. The van der Waals surface area contributed by atoms with Crippen molar-refractivity contribution in [1.29, 1.82) is 0 Å². The molecule has 0 saturated carbocycles. The van der Waals surface area contributed by atoms with E-state index in [0.717, 1.165) is 16.6 Å². The molecule has 0 amide bonds. The maximum Gasteiger partial charge on any atom is 0.192 e. The summed E-state index contributed by atoms with van der Waals surface area (Å²) < 4.78 is 0.